The van der Waals surface area contributed by atoms with E-state index in [1.165, 1.54) is 12.1 Å². The molecule has 0 saturated carbocycles. The van der Waals surface area contributed by atoms with Gasteiger partial charge in [0.1, 0.15) is 28.8 Å². The quantitative estimate of drug-likeness (QED) is 0.845. The summed E-state index contributed by atoms with van der Waals surface area (Å²) in [7, 11) is 0. The van der Waals surface area contributed by atoms with Crippen molar-refractivity contribution in [3.8, 4) is 11.8 Å². The maximum absolute atomic E-state index is 13.5. The van der Waals surface area contributed by atoms with Gasteiger partial charge in [0.15, 0.2) is 0 Å². The van der Waals surface area contributed by atoms with Gasteiger partial charge in [0.05, 0.1) is 0 Å². The third-order valence-electron chi connectivity index (χ3n) is 2.83. The molecule has 4 heteroatoms. The van der Waals surface area contributed by atoms with Crippen LogP contribution in [0.15, 0.2) is 42.7 Å². The molecule has 0 N–H and O–H groups in total. The van der Waals surface area contributed by atoms with Crippen molar-refractivity contribution in [1.82, 2.24) is 4.98 Å². The Morgan fingerprint density at radius 1 is 1.21 bits per heavy atom. The lowest BCUT2D eigenvalue weighted by Gasteiger charge is -2.27. The SMILES string of the molecule is CC(C)(Oc1cccc(F)c1C#N)c1ccncc1. The predicted molar refractivity (Wildman–Crippen MR) is 69.0 cm³/mol. The van der Waals surface area contributed by atoms with E-state index >= 15 is 0 Å². The number of rotatable bonds is 3. The molecule has 96 valence electrons. The van der Waals surface area contributed by atoms with E-state index in [-0.39, 0.29) is 11.3 Å². The van der Waals surface area contributed by atoms with Gasteiger partial charge in [0, 0.05) is 12.4 Å². The van der Waals surface area contributed by atoms with Crippen LogP contribution in [0.3, 0.4) is 0 Å². The molecule has 0 atom stereocenters. The van der Waals surface area contributed by atoms with Crippen LogP contribution in [0.2, 0.25) is 0 Å². The Balaban J connectivity index is 2.37. The maximum Gasteiger partial charge on any atom is 0.144 e. The van der Waals surface area contributed by atoms with Crippen molar-refractivity contribution in [2.24, 2.45) is 0 Å². The molecular weight excluding hydrogens is 243 g/mol. The molecule has 1 aromatic heterocycles. The summed E-state index contributed by atoms with van der Waals surface area (Å²) in [4.78, 5) is 3.95. The van der Waals surface area contributed by atoms with Crippen molar-refractivity contribution >= 4 is 0 Å². The molecule has 0 aliphatic carbocycles. The molecular formula is C15H13FN2O. The number of ether oxygens (including phenoxy) is 1. The number of halogens is 1. The van der Waals surface area contributed by atoms with Crippen LogP contribution < -0.4 is 4.74 Å². The van der Waals surface area contributed by atoms with Crippen molar-refractivity contribution in [1.29, 1.82) is 5.26 Å². The number of nitrogens with zero attached hydrogens (tertiary/aromatic N) is 2. The lowest BCUT2D eigenvalue weighted by molar-refractivity contribution is 0.108. The van der Waals surface area contributed by atoms with Gasteiger partial charge in [-0.1, -0.05) is 6.07 Å². The minimum absolute atomic E-state index is 0.0790. The highest BCUT2D eigenvalue weighted by atomic mass is 19.1. The number of benzene rings is 1. The Hall–Kier alpha value is -2.41. The smallest absolute Gasteiger partial charge is 0.144 e. The second-order valence-electron chi connectivity index (χ2n) is 4.57. The van der Waals surface area contributed by atoms with Crippen LogP contribution >= 0.6 is 0 Å². The zero-order chi connectivity index (χ0) is 13.9. The molecule has 0 radical (unpaired) electrons. The number of pyridine rings is 1. The second kappa shape index (κ2) is 5.07. The zero-order valence-electron chi connectivity index (χ0n) is 10.7. The molecule has 0 bridgehead atoms. The van der Waals surface area contributed by atoms with Crippen LogP contribution in [-0.2, 0) is 5.60 Å². The van der Waals surface area contributed by atoms with E-state index in [1.54, 1.807) is 18.5 Å². The van der Waals surface area contributed by atoms with Gasteiger partial charge in [-0.3, -0.25) is 4.98 Å². The first-order valence-corrected chi connectivity index (χ1v) is 5.83. The van der Waals surface area contributed by atoms with Crippen molar-refractivity contribution in [3.05, 3.63) is 59.7 Å². The number of aromatic nitrogens is 1. The first-order chi connectivity index (χ1) is 9.04. The van der Waals surface area contributed by atoms with E-state index in [2.05, 4.69) is 4.98 Å². The number of hydrogen-bond acceptors (Lipinski definition) is 3. The lowest BCUT2D eigenvalue weighted by Crippen LogP contribution is -2.25. The minimum atomic E-state index is -0.678. The fourth-order valence-corrected chi connectivity index (χ4v) is 1.79. The van der Waals surface area contributed by atoms with Crippen LogP contribution in [0.25, 0.3) is 0 Å². The molecule has 2 rings (SSSR count). The molecule has 0 unspecified atom stereocenters. The van der Waals surface area contributed by atoms with Crippen molar-refractivity contribution in [2.75, 3.05) is 0 Å². The van der Waals surface area contributed by atoms with Gasteiger partial charge >= 0.3 is 0 Å². The summed E-state index contributed by atoms with van der Waals surface area (Å²) in [5.41, 5.74) is 0.141. The summed E-state index contributed by atoms with van der Waals surface area (Å²) in [6, 6.07) is 9.83. The zero-order valence-corrected chi connectivity index (χ0v) is 10.7. The molecule has 19 heavy (non-hydrogen) atoms. The predicted octanol–water partition coefficient (Wildman–Crippen LogP) is 3.41. The second-order valence-corrected chi connectivity index (χ2v) is 4.57. The van der Waals surface area contributed by atoms with Crippen molar-refractivity contribution in [2.45, 2.75) is 19.4 Å². The van der Waals surface area contributed by atoms with E-state index < -0.39 is 11.4 Å². The Morgan fingerprint density at radius 3 is 2.53 bits per heavy atom. The molecule has 3 nitrogen and oxygen atoms in total. The van der Waals surface area contributed by atoms with Gasteiger partial charge in [-0.25, -0.2) is 4.39 Å². The van der Waals surface area contributed by atoms with Gasteiger partial charge < -0.3 is 4.74 Å². The van der Waals surface area contributed by atoms with Gasteiger partial charge in [0.2, 0.25) is 0 Å². The van der Waals surface area contributed by atoms with E-state index in [0.29, 0.717) is 0 Å². The molecule has 1 aromatic carbocycles. The van der Waals surface area contributed by atoms with E-state index in [1.807, 2.05) is 32.0 Å². The van der Waals surface area contributed by atoms with Crippen LogP contribution in [0.1, 0.15) is 25.0 Å². The first-order valence-electron chi connectivity index (χ1n) is 5.83. The standard InChI is InChI=1S/C15H13FN2O/c1-15(2,11-6-8-18-9-7-11)19-14-5-3-4-13(16)12(14)10-17/h3-9H,1-2H3. The third-order valence-corrected chi connectivity index (χ3v) is 2.83. The van der Waals surface area contributed by atoms with Gasteiger partial charge in [-0.2, -0.15) is 5.26 Å². The summed E-state index contributed by atoms with van der Waals surface area (Å²) >= 11 is 0. The van der Waals surface area contributed by atoms with Crippen LogP contribution in [0, 0.1) is 17.1 Å². The Labute approximate surface area is 111 Å². The topological polar surface area (TPSA) is 45.9 Å². The molecule has 1 heterocycles. The monoisotopic (exact) mass is 256 g/mol. The average Bonchev–Trinajstić information content (AvgIpc) is 2.40. The van der Waals surface area contributed by atoms with Crippen LogP contribution in [0.5, 0.6) is 5.75 Å². The van der Waals surface area contributed by atoms with Gasteiger partial charge in [-0.15, -0.1) is 0 Å². The van der Waals surface area contributed by atoms with Crippen molar-refractivity contribution in [3.63, 3.8) is 0 Å². The Bertz CT molecular complexity index is 618. The van der Waals surface area contributed by atoms with Gasteiger partial charge in [-0.05, 0) is 43.7 Å². The summed E-state index contributed by atoms with van der Waals surface area (Å²) in [5, 5.41) is 8.99. The van der Waals surface area contributed by atoms with Gasteiger partial charge in [0.25, 0.3) is 0 Å². The Kier molecular flexibility index (Phi) is 3.48. The summed E-state index contributed by atoms with van der Waals surface area (Å²) in [6.07, 6.45) is 3.33. The summed E-state index contributed by atoms with van der Waals surface area (Å²) in [5.74, 6) is -0.338. The van der Waals surface area contributed by atoms with Crippen LogP contribution in [0.4, 0.5) is 4.39 Å². The van der Waals surface area contributed by atoms with Crippen molar-refractivity contribution < 1.29 is 9.13 Å². The largest absolute Gasteiger partial charge is 0.482 e. The minimum Gasteiger partial charge on any atom is -0.482 e. The highest BCUT2D eigenvalue weighted by Crippen LogP contribution is 2.30. The maximum atomic E-state index is 13.5. The molecule has 0 amide bonds. The molecule has 2 aromatic rings. The van der Waals surface area contributed by atoms with E-state index in [0.717, 1.165) is 5.56 Å². The highest BCUT2D eigenvalue weighted by Gasteiger charge is 2.24. The van der Waals surface area contributed by atoms with E-state index in [4.69, 9.17) is 10.00 Å². The third kappa shape index (κ3) is 2.71. The number of nitriles is 1. The van der Waals surface area contributed by atoms with Crippen LogP contribution in [-0.4, -0.2) is 4.98 Å². The molecule has 0 saturated heterocycles. The average molecular weight is 256 g/mol. The lowest BCUT2D eigenvalue weighted by atomic mass is 9.99. The first kappa shape index (κ1) is 13.0. The molecule has 0 aliphatic rings. The fourth-order valence-electron chi connectivity index (χ4n) is 1.79. The van der Waals surface area contributed by atoms with E-state index in [9.17, 15) is 4.39 Å². The molecule has 0 spiro atoms. The molecule has 0 fully saturated rings. The fraction of sp³-hybridized carbons (Fsp3) is 0.200. The highest BCUT2D eigenvalue weighted by molar-refractivity contribution is 5.44. The Morgan fingerprint density at radius 2 is 1.89 bits per heavy atom. The number of hydrogen-bond donors (Lipinski definition) is 0. The summed E-state index contributed by atoms with van der Waals surface area (Å²) < 4.78 is 19.3. The normalized spacial score (nSPS) is 10.8. The summed E-state index contributed by atoms with van der Waals surface area (Å²) in [6.45, 7) is 3.71. The molecule has 0 aliphatic heterocycles.